The maximum atomic E-state index is 12.2. The molecule has 5 nitrogen and oxygen atoms in total. The molecule has 0 bridgehead atoms. The minimum Gasteiger partial charge on any atom is -0.436 e. The van der Waals surface area contributed by atoms with Gasteiger partial charge in [0, 0.05) is 17.9 Å². The second kappa shape index (κ2) is 6.33. The van der Waals surface area contributed by atoms with Gasteiger partial charge in [-0.15, -0.1) is 0 Å². The Morgan fingerprint density at radius 3 is 2.84 bits per heavy atom. The van der Waals surface area contributed by atoms with Crippen LogP contribution >= 0.6 is 0 Å². The van der Waals surface area contributed by atoms with Gasteiger partial charge in [0.1, 0.15) is 11.6 Å². The molecular formula is C20H20N2O3. The zero-order valence-electron chi connectivity index (χ0n) is 14.3. The third-order valence-electron chi connectivity index (χ3n) is 4.50. The van der Waals surface area contributed by atoms with Gasteiger partial charge in [-0.1, -0.05) is 6.07 Å². The molecule has 5 heteroatoms. The van der Waals surface area contributed by atoms with E-state index < -0.39 is 0 Å². The van der Waals surface area contributed by atoms with Gasteiger partial charge in [-0.3, -0.25) is 4.79 Å². The summed E-state index contributed by atoms with van der Waals surface area (Å²) in [4.78, 5) is 16.8. The number of rotatable bonds is 3. The molecule has 1 saturated heterocycles. The molecule has 4 rings (SSSR count). The Bertz CT molecular complexity index is 939. The van der Waals surface area contributed by atoms with Crippen LogP contribution in [0.5, 0.6) is 0 Å². The lowest BCUT2D eigenvalue weighted by Gasteiger charge is -2.12. The van der Waals surface area contributed by atoms with E-state index in [0.29, 0.717) is 12.5 Å². The normalized spacial score (nSPS) is 17.1. The number of amides is 1. The van der Waals surface area contributed by atoms with Crippen LogP contribution in [0.4, 0.5) is 5.69 Å². The summed E-state index contributed by atoms with van der Waals surface area (Å²) >= 11 is 0. The van der Waals surface area contributed by atoms with Crippen molar-refractivity contribution in [2.75, 3.05) is 11.9 Å². The van der Waals surface area contributed by atoms with E-state index in [-0.39, 0.29) is 12.0 Å². The molecule has 128 valence electrons. The summed E-state index contributed by atoms with van der Waals surface area (Å²) in [5.74, 6) is 0.506. The van der Waals surface area contributed by atoms with Crippen LogP contribution in [-0.2, 0) is 9.53 Å². The number of nitrogens with zero attached hydrogens (tertiary/aromatic N) is 1. The number of ether oxygens (including phenoxy) is 1. The number of aryl methyl sites for hydroxylation is 2. The summed E-state index contributed by atoms with van der Waals surface area (Å²) in [6.07, 6.45) is 1.39. The molecule has 1 fully saturated rings. The number of hydrogen-bond donors (Lipinski definition) is 1. The highest BCUT2D eigenvalue weighted by Crippen LogP contribution is 2.28. The molecule has 2 aromatic carbocycles. The number of carbonyl (C=O) groups is 1. The predicted octanol–water partition coefficient (Wildman–Crippen LogP) is 4.23. The number of nitrogens with one attached hydrogen (secondary N) is 1. The molecule has 0 spiro atoms. The molecule has 0 radical (unpaired) electrons. The number of benzene rings is 2. The van der Waals surface area contributed by atoms with Crippen molar-refractivity contribution in [2.45, 2.75) is 32.8 Å². The van der Waals surface area contributed by atoms with Crippen molar-refractivity contribution in [1.82, 2.24) is 4.98 Å². The zero-order chi connectivity index (χ0) is 17.4. The van der Waals surface area contributed by atoms with E-state index in [0.717, 1.165) is 46.3 Å². The Kier molecular flexibility index (Phi) is 4.01. The molecule has 1 aliphatic heterocycles. The van der Waals surface area contributed by atoms with Crippen LogP contribution in [0.25, 0.3) is 22.6 Å². The monoisotopic (exact) mass is 336 g/mol. The summed E-state index contributed by atoms with van der Waals surface area (Å²) in [6, 6.07) is 11.7. The van der Waals surface area contributed by atoms with Gasteiger partial charge in [0.05, 0.1) is 0 Å². The summed E-state index contributed by atoms with van der Waals surface area (Å²) in [5, 5.41) is 2.95. The van der Waals surface area contributed by atoms with Gasteiger partial charge in [-0.2, -0.15) is 0 Å². The van der Waals surface area contributed by atoms with Gasteiger partial charge in [-0.05, 0) is 68.1 Å². The van der Waals surface area contributed by atoms with E-state index in [2.05, 4.69) is 10.3 Å². The van der Waals surface area contributed by atoms with Gasteiger partial charge in [0.15, 0.2) is 5.58 Å². The number of anilines is 1. The van der Waals surface area contributed by atoms with Crippen LogP contribution in [-0.4, -0.2) is 23.6 Å². The van der Waals surface area contributed by atoms with Crippen molar-refractivity contribution in [1.29, 1.82) is 0 Å². The molecular weight excluding hydrogens is 316 g/mol. The zero-order valence-corrected chi connectivity index (χ0v) is 14.3. The second-order valence-electron chi connectivity index (χ2n) is 6.51. The van der Waals surface area contributed by atoms with E-state index in [9.17, 15) is 4.79 Å². The lowest BCUT2D eigenvalue weighted by molar-refractivity contribution is -0.124. The Morgan fingerprint density at radius 1 is 1.20 bits per heavy atom. The van der Waals surface area contributed by atoms with Gasteiger partial charge >= 0.3 is 0 Å². The SMILES string of the molecule is Cc1ccc2oc(-c3ccc(NC(=O)[C@@H]4CCCO4)c(C)c3)nc2c1. The molecule has 25 heavy (non-hydrogen) atoms. The first-order valence-electron chi connectivity index (χ1n) is 8.51. The molecule has 0 saturated carbocycles. The number of carbonyl (C=O) groups excluding carboxylic acids is 1. The highest BCUT2D eigenvalue weighted by atomic mass is 16.5. The fourth-order valence-electron chi connectivity index (χ4n) is 3.10. The van der Waals surface area contributed by atoms with Crippen LogP contribution in [0.2, 0.25) is 0 Å². The van der Waals surface area contributed by atoms with E-state index >= 15 is 0 Å². The van der Waals surface area contributed by atoms with Gasteiger partial charge in [-0.25, -0.2) is 4.98 Å². The fraction of sp³-hybridized carbons (Fsp3) is 0.300. The molecule has 3 aromatic rings. The first-order valence-corrected chi connectivity index (χ1v) is 8.51. The van der Waals surface area contributed by atoms with Crippen LogP contribution in [0.1, 0.15) is 24.0 Å². The first kappa shape index (κ1) is 15.8. The maximum absolute atomic E-state index is 12.2. The molecule has 1 atom stereocenters. The van der Waals surface area contributed by atoms with E-state index in [1.807, 2.05) is 50.2 Å². The average molecular weight is 336 g/mol. The standard InChI is InChI=1S/C20H20N2O3/c1-12-5-8-17-16(10-12)22-20(25-17)14-6-7-15(13(2)11-14)21-19(23)18-4-3-9-24-18/h5-8,10-11,18H,3-4,9H2,1-2H3,(H,21,23)/t18-/m0/s1. The summed E-state index contributed by atoms with van der Waals surface area (Å²) in [5.41, 5.74) is 5.41. The highest BCUT2D eigenvalue weighted by molar-refractivity contribution is 5.95. The fourth-order valence-corrected chi connectivity index (χ4v) is 3.10. The molecule has 1 amide bonds. The third kappa shape index (κ3) is 3.15. The van der Waals surface area contributed by atoms with E-state index in [1.54, 1.807) is 0 Å². The quantitative estimate of drug-likeness (QED) is 0.777. The van der Waals surface area contributed by atoms with Crippen LogP contribution in [0.15, 0.2) is 40.8 Å². The largest absolute Gasteiger partial charge is 0.436 e. The summed E-state index contributed by atoms with van der Waals surface area (Å²) < 4.78 is 11.3. The Morgan fingerprint density at radius 2 is 2.08 bits per heavy atom. The summed E-state index contributed by atoms with van der Waals surface area (Å²) in [7, 11) is 0. The van der Waals surface area contributed by atoms with Crippen molar-refractivity contribution in [3.8, 4) is 11.5 Å². The number of aromatic nitrogens is 1. The van der Waals surface area contributed by atoms with Crippen LogP contribution < -0.4 is 5.32 Å². The molecule has 0 unspecified atom stereocenters. The highest BCUT2D eigenvalue weighted by Gasteiger charge is 2.24. The lowest BCUT2D eigenvalue weighted by atomic mass is 10.1. The lowest BCUT2D eigenvalue weighted by Crippen LogP contribution is -2.27. The third-order valence-corrected chi connectivity index (χ3v) is 4.50. The minimum atomic E-state index is -0.334. The summed E-state index contributed by atoms with van der Waals surface area (Å²) in [6.45, 7) is 4.65. The van der Waals surface area contributed by atoms with Gasteiger partial charge < -0.3 is 14.5 Å². The molecule has 0 aliphatic carbocycles. The van der Waals surface area contributed by atoms with Crippen molar-refractivity contribution in [3.63, 3.8) is 0 Å². The van der Waals surface area contributed by atoms with Crippen molar-refractivity contribution >= 4 is 22.7 Å². The van der Waals surface area contributed by atoms with Crippen molar-refractivity contribution in [2.24, 2.45) is 0 Å². The molecule has 1 N–H and O–H groups in total. The predicted molar refractivity (Wildman–Crippen MR) is 96.5 cm³/mol. The average Bonchev–Trinajstić information content (AvgIpc) is 3.25. The molecule has 1 aromatic heterocycles. The van der Waals surface area contributed by atoms with E-state index in [1.165, 1.54) is 0 Å². The Balaban J connectivity index is 1.58. The Hall–Kier alpha value is -2.66. The second-order valence-corrected chi connectivity index (χ2v) is 6.51. The van der Waals surface area contributed by atoms with Crippen molar-refractivity contribution < 1.29 is 13.9 Å². The van der Waals surface area contributed by atoms with Gasteiger partial charge in [0.2, 0.25) is 5.89 Å². The maximum Gasteiger partial charge on any atom is 0.253 e. The Labute approximate surface area is 146 Å². The first-order chi connectivity index (χ1) is 12.1. The smallest absolute Gasteiger partial charge is 0.253 e. The van der Waals surface area contributed by atoms with E-state index in [4.69, 9.17) is 9.15 Å². The van der Waals surface area contributed by atoms with Crippen molar-refractivity contribution in [3.05, 3.63) is 47.5 Å². The minimum absolute atomic E-state index is 0.0781. The topological polar surface area (TPSA) is 64.4 Å². The number of hydrogen-bond acceptors (Lipinski definition) is 4. The molecule has 1 aliphatic rings. The number of oxazole rings is 1. The van der Waals surface area contributed by atoms with Crippen LogP contribution in [0, 0.1) is 13.8 Å². The number of fused-ring (bicyclic) bond motifs is 1. The molecule has 2 heterocycles. The van der Waals surface area contributed by atoms with Crippen LogP contribution in [0.3, 0.4) is 0 Å². The van der Waals surface area contributed by atoms with Gasteiger partial charge in [0.25, 0.3) is 5.91 Å².